The third-order valence-corrected chi connectivity index (χ3v) is 6.94. The predicted molar refractivity (Wildman–Crippen MR) is 124 cm³/mol. The van der Waals surface area contributed by atoms with E-state index >= 15 is 0 Å². The number of piperazine rings is 1. The summed E-state index contributed by atoms with van der Waals surface area (Å²) < 4.78 is 40.1. The lowest BCUT2D eigenvalue weighted by Crippen LogP contribution is -2.56. The van der Waals surface area contributed by atoms with Crippen LogP contribution in [0.1, 0.15) is 28.9 Å². The molecule has 0 radical (unpaired) electrons. The molecule has 3 rings (SSSR count). The first-order valence-electron chi connectivity index (χ1n) is 10.0. The molecular formula is C22H24ClFN4O4S. The fourth-order valence-electron chi connectivity index (χ4n) is 4.04. The zero-order valence-corrected chi connectivity index (χ0v) is 20.0. The van der Waals surface area contributed by atoms with Gasteiger partial charge < -0.3 is 10.2 Å². The van der Waals surface area contributed by atoms with Crippen molar-refractivity contribution < 1.29 is 22.4 Å². The predicted octanol–water partition coefficient (Wildman–Crippen LogP) is 2.78. The van der Waals surface area contributed by atoms with Crippen LogP contribution in [-0.4, -0.2) is 66.9 Å². The molecule has 1 aliphatic rings. The van der Waals surface area contributed by atoms with E-state index in [0.29, 0.717) is 22.4 Å². The average molecular weight is 495 g/mol. The number of amides is 2. The van der Waals surface area contributed by atoms with Gasteiger partial charge in [0.1, 0.15) is 5.15 Å². The average Bonchev–Trinajstić information content (AvgIpc) is 2.76. The molecule has 1 saturated heterocycles. The van der Waals surface area contributed by atoms with Crippen molar-refractivity contribution in [1.29, 1.82) is 0 Å². The molecule has 0 bridgehead atoms. The molecule has 2 heterocycles. The van der Waals surface area contributed by atoms with Crippen LogP contribution in [0, 0.1) is 0 Å². The summed E-state index contributed by atoms with van der Waals surface area (Å²) in [5.41, 5.74) is 1.91. The van der Waals surface area contributed by atoms with Crippen LogP contribution in [0.15, 0.2) is 48.8 Å². The van der Waals surface area contributed by atoms with Crippen LogP contribution in [-0.2, 0) is 14.8 Å². The van der Waals surface area contributed by atoms with Gasteiger partial charge in [0.25, 0.3) is 11.8 Å². The lowest BCUT2D eigenvalue weighted by molar-refractivity contribution is -0.131. The number of carbonyl (C=O) groups is 2. The van der Waals surface area contributed by atoms with Gasteiger partial charge in [-0.2, -0.15) is 4.31 Å². The smallest absolute Gasteiger partial charge is 0.282 e. The van der Waals surface area contributed by atoms with E-state index in [-0.39, 0.29) is 24.1 Å². The minimum Gasteiger partial charge on any atom is -0.355 e. The Labute approximate surface area is 197 Å². The number of nitrogens with zero attached hydrogens (tertiary/aromatic N) is 3. The zero-order chi connectivity index (χ0) is 24.5. The number of halogens is 2. The molecule has 0 aliphatic carbocycles. The number of hydrogen-bond acceptors (Lipinski definition) is 5. The van der Waals surface area contributed by atoms with Crippen LogP contribution in [0.25, 0.3) is 11.3 Å². The molecule has 8 nitrogen and oxygen atoms in total. The molecule has 2 atom stereocenters. The highest BCUT2D eigenvalue weighted by atomic mass is 35.5. The molecule has 0 spiro atoms. The second kappa shape index (κ2) is 9.58. The first kappa shape index (κ1) is 24.8. The SMILES string of the molecule is C=C(F)C(=O)N1C[C@H](C)N(S(C)(=O)=O)[C@H](c2cc(Cl)nc(-c3cccc(C(=O)NC)c3)c2)C1. The van der Waals surface area contributed by atoms with Crippen molar-refractivity contribution in [1.82, 2.24) is 19.5 Å². The molecule has 1 fully saturated rings. The second-order valence-electron chi connectivity index (χ2n) is 7.84. The summed E-state index contributed by atoms with van der Waals surface area (Å²) in [7, 11) is -2.17. The van der Waals surface area contributed by atoms with Crippen molar-refractivity contribution in [2.75, 3.05) is 26.4 Å². The molecule has 33 heavy (non-hydrogen) atoms. The van der Waals surface area contributed by atoms with E-state index in [1.165, 1.54) is 22.3 Å². The van der Waals surface area contributed by atoms with Crippen molar-refractivity contribution >= 4 is 33.4 Å². The summed E-state index contributed by atoms with van der Waals surface area (Å²) in [4.78, 5) is 29.8. The van der Waals surface area contributed by atoms with Gasteiger partial charge in [-0.1, -0.05) is 30.3 Å². The van der Waals surface area contributed by atoms with Gasteiger partial charge in [-0.3, -0.25) is 9.59 Å². The summed E-state index contributed by atoms with van der Waals surface area (Å²) >= 11 is 6.28. The molecule has 1 aromatic heterocycles. The normalized spacial score (nSPS) is 19.2. The lowest BCUT2D eigenvalue weighted by atomic mass is 9.99. The van der Waals surface area contributed by atoms with Crippen LogP contribution in [0.3, 0.4) is 0 Å². The van der Waals surface area contributed by atoms with E-state index in [1.807, 2.05) is 0 Å². The number of benzene rings is 1. The van der Waals surface area contributed by atoms with E-state index < -0.39 is 33.8 Å². The van der Waals surface area contributed by atoms with Crippen LogP contribution in [0.5, 0.6) is 0 Å². The molecule has 2 aromatic rings. The van der Waals surface area contributed by atoms with Gasteiger partial charge >= 0.3 is 0 Å². The van der Waals surface area contributed by atoms with Crippen molar-refractivity contribution in [2.24, 2.45) is 0 Å². The zero-order valence-electron chi connectivity index (χ0n) is 18.4. The van der Waals surface area contributed by atoms with Crippen LogP contribution < -0.4 is 5.32 Å². The summed E-state index contributed by atoms with van der Waals surface area (Å²) in [6, 6.07) is 8.46. The third-order valence-electron chi connectivity index (χ3n) is 5.37. The molecule has 0 saturated carbocycles. The van der Waals surface area contributed by atoms with Gasteiger partial charge in [-0.25, -0.2) is 17.8 Å². The van der Waals surface area contributed by atoms with Crippen molar-refractivity contribution in [3.8, 4) is 11.3 Å². The van der Waals surface area contributed by atoms with Crippen molar-refractivity contribution in [3.05, 3.63) is 65.1 Å². The summed E-state index contributed by atoms with van der Waals surface area (Å²) in [6.07, 6.45) is 1.08. The fourth-order valence-corrected chi connectivity index (χ4v) is 5.63. The third kappa shape index (κ3) is 5.40. The topological polar surface area (TPSA) is 99.7 Å². The Morgan fingerprint density at radius 3 is 2.55 bits per heavy atom. The minimum atomic E-state index is -3.69. The maximum absolute atomic E-state index is 13.6. The summed E-state index contributed by atoms with van der Waals surface area (Å²) in [5, 5.41) is 2.66. The Kier molecular flexibility index (Phi) is 7.20. The van der Waals surface area contributed by atoms with Gasteiger partial charge in [-0.15, -0.1) is 0 Å². The van der Waals surface area contributed by atoms with Gasteiger partial charge in [0, 0.05) is 37.3 Å². The molecule has 176 valence electrons. The van der Waals surface area contributed by atoms with E-state index in [0.717, 1.165) is 6.26 Å². The van der Waals surface area contributed by atoms with Gasteiger partial charge in [-0.05, 0) is 36.8 Å². The standard InChI is InChI=1S/C22H24ClFN4O4S/c1-13-11-27(22(30)14(2)24)12-19(28(13)33(4,31)32)17-9-18(26-20(23)10-17)15-6-5-7-16(8-15)21(29)25-3/h5-10,13,19H,2,11-12H2,1,3-4H3,(H,25,29)/t13-,19-/m0/s1. The van der Waals surface area contributed by atoms with Crippen molar-refractivity contribution in [3.63, 3.8) is 0 Å². The number of sulfonamides is 1. The second-order valence-corrected chi connectivity index (χ2v) is 10.1. The highest BCUT2D eigenvalue weighted by molar-refractivity contribution is 7.88. The molecule has 1 aliphatic heterocycles. The van der Waals surface area contributed by atoms with Crippen LogP contribution in [0.2, 0.25) is 5.15 Å². The number of rotatable bonds is 5. The molecule has 1 aromatic carbocycles. The highest BCUT2D eigenvalue weighted by Gasteiger charge is 2.40. The Morgan fingerprint density at radius 1 is 1.24 bits per heavy atom. The maximum atomic E-state index is 13.6. The van der Waals surface area contributed by atoms with E-state index in [4.69, 9.17) is 11.6 Å². The monoisotopic (exact) mass is 494 g/mol. The number of aromatic nitrogens is 1. The van der Waals surface area contributed by atoms with Crippen molar-refractivity contribution in [2.45, 2.75) is 19.0 Å². The van der Waals surface area contributed by atoms with E-state index in [1.54, 1.807) is 37.3 Å². The van der Waals surface area contributed by atoms with Crippen LogP contribution >= 0.6 is 11.6 Å². The lowest BCUT2D eigenvalue weighted by Gasteiger charge is -2.44. The molecule has 1 N–H and O–H groups in total. The minimum absolute atomic E-state index is 0.0190. The Hall–Kier alpha value is -2.82. The first-order valence-corrected chi connectivity index (χ1v) is 12.3. The quantitative estimate of drug-likeness (QED) is 0.509. The van der Waals surface area contributed by atoms with Gasteiger partial charge in [0.15, 0.2) is 5.83 Å². The van der Waals surface area contributed by atoms with E-state index in [9.17, 15) is 22.4 Å². The maximum Gasteiger partial charge on any atom is 0.282 e. The number of carbonyl (C=O) groups excluding carboxylic acids is 2. The molecule has 0 unspecified atom stereocenters. The largest absolute Gasteiger partial charge is 0.355 e. The molecular weight excluding hydrogens is 471 g/mol. The van der Waals surface area contributed by atoms with E-state index in [2.05, 4.69) is 16.9 Å². The first-order chi connectivity index (χ1) is 15.4. The summed E-state index contributed by atoms with van der Waals surface area (Å²) in [6.45, 7) is 4.64. The number of hydrogen-bond donors (Lipinski definition) is 1. The highest BCUT2D eigenvalue weighted by Crippen LogP contribution is 2.34. The van der Waals surface area contributed by atoms with Gasteiger partial charge in [0.05, 0.1) is 18.0 Å². The number of nitrogens with one attached hydrogen (secondary N) is 1. The molecule has 2 amide bonds. The van der Waals surface area contributed by atoms with Gasteiger partial charge in [0.2, 0.25) is 10.0 Å². The van der Waals surface area contributed by atoms with Crippen LogP contribution in [0.4, 0.5) is 4.39 Å². The number of pyridine rings is 1. The fraction of sp³-hybridized carbons (Fsp3) is 0.318. The summed E-state index contributed by atoms with van der Waals surface area (Å²) in [5.74, 6) is -2.28. The Bertz CT molecular complexity index is 1220. The molecule has 11 heteroatoms. The Morgan fingerprint density at radius 2 is 1.94 bits per heavy atom. The Balaban J connectivity index is 2.10.